The fraction of sp³-hybridized carbons (Fsp3) is 0.600. The Kier molecular flexibility index (Phi) is 3.63. The molecule has 1 saturated heterocycles. The molecule has 0 radical (unpaired) electrons. The van der Waals surface area contributed by atoms with Gasteiger partial charge in [0, 0.05) is 18.3 Å². The van der Waals surface area contributed by atoms with Gasteiger partial charge in [-0.05, 0) is 62.5 Å². The number of rotatable bonds is 2. The summed E-state index contributed by atoms with van der Waals surface area (Å²) in [4.78, 5) is 2.44. The van der Waals surface area contributed by atoms with Gasteiger partial charge in [0.25, 0.3) is 0 Å². The number of anilines is 1. The molecule has 2 aliphatic rings. The molecule has 2 heterocycles. The highest BCUT2D eigenvalue weighted by atomic mass is 19.4. The smallest absolute Gasteiger partial charge is 0.381 e. The summed E-state index contributed by atoms with van der Waals surface area (Å²) in [6, 6.07) is 4.39. The van der Waals surface area contributed by atoms with Crippen molar-refractivity contribution in [1.82, 2.24) is 4.90 Å². The van der Waals surface area contributed by atoms with Crippen LogP contribution in [-0.4, -0.2) is 30.6 Å². The Labute approximate surface area is 117 Å². The number of benzene rings is 1. The summed E-state index contributed by atoms with van der Waals surface area (Å²) in [5.74, 6) is 0. The molecule has 5 heteroatoms. The highest BCUT2D eigenvalue weighted by Gasteiger charge is 2.32. The fourth-order valence-electron chi connectivity index (χ4n) is 3.15. The van der Waals surface area contributed by atoms with Crippen molar-refractivity contribution in [2.75, 3.05) is 25.0 Å². The molecule has 1 aromatic carbocycles. The molecular weight excluding hydrogens is 265 g/mol. The molecule has 1 fully saturated rings. The number of alkyl halides is 3. The zero-order valence-electron chi connectivity index (χ0n) is 11.3. The van der Waals surface area contributed by atoms with E-state index in [0.29, 0.717) is 6.04 Å². The zero-order valence-corrected chi connectivity index (χ0v) is 11.3. The van der Waals surface area contributed by atoms with Crippen LogP contribution in [0.15, 0.2) is 18.2 Å². The molecule has 0 bridgehead atoms. The van der Waals surface area contributed by atoms with E-state index in [1.54, 1.807) is 6.07 Å². The summed E-state index contributed by atoms with van der Waals surface area (Å²) in [5, 5.41) is 3.39. The van der Waals surface area contributed by atoms with E-state index in [9.17, 15) is 13.2 Å². The van der Waals surface area contributed by atoms with Gasteiger partial charge in [0.1, 0.15) is 0 Å². The Hall–Kier alpha value is -1.23. The third kappa shape index (κ3) is 2.92. The normalized spacial score (nSPS) is 23.4. The quantitative estimate of drug-likeness (QED) is 0.893. The Morgan fingerprint density at radius 1 is 1.20 bits per heavy atom. The van der Waals surface area contributed by atoms with Crippen LogP contribution >= 0.6 is 0 Å². The lowest BCUT2D eigenvalue weighted by Gasteiger charge is -2.30. The zero-order chi connectivity index (χ0) is 14.2. The van der Waals surface area contributed by atoms with E-state index >= 15 is 0 Å². The van der Waals surface area contributed by atoms with Crippen molar-refractivity contribution in [2.45, 2.75) is 37.9 Å². The van der Waals surface area contributed by atoms with Crippen LogP contribution in [0, 0.1) is 0 Å². The van der Waals surface area contributed by atoms with Crippen LogP contribution in [0.4, 0.5) is 18.9 Å². The van der Waals surface area contributed by atoms with Gasteiger partial charge in [0.2, 0.25) is 0 Å². The summed E-state index contributed by atoms with van der Waals surface area (Å²) in [6.45, 7) is 3.30. The molecule has 0 aromatic heterocycles. The van der Waals surface area contributed by atoms with E-state index < -0.39 is 11.7 Å². The average Bonchev–Trinajstić information content (AvgIpc) is 2.90. The number of aryl methyl sites for hydroxylation is 1. The third-order valence-corrected chi connectivity index (χ3v) is 4.23. The van der Waals surface area contributed by atoms with E-state index in [2.05, 4.69) is 10.2 Å². The lowest BCUT2D eigenvalue weighted by Crippen LogP contribution is -2.37. The molecule has 0 spiro atoms. The second-order valence-electron chi connectivity index (χ2n) is 5.76. The van der Waals surface area contributed by atoms with Gasteiger partial charge in [-0.25, -0.2) is 0 Å². The highest BCUT2D eigenvalue weighted by Crippen LogP contribution is 2.34. The molecule has 1 atom stereocenters. The maximum absolute atomic E-state index is 12.7. The van der Waals surface area contributed by atoms with Crippen LogP contribution in [0.25, 0.3) is 0 Å². The van der Waals surface area contributed by atoms with Gasteiger partial charge in [0.15, 0.2) is 0 Å². The largest absolute Gasteiger partial charge is 0.416 e. The number of hydrogen-bond acceptors (Lipinski definition) is 2. The Morgan fingerprint density at radius 3 is 2.65 bits per heavy atom. The van der Waals surface area contributed by atoms with Crippen molar-refractivity contribution in [2.24, 2.45) is 0 Å². The molecule has 20 heavy (non-hydrogen) atoms. The van der Waals surface area contributed by atoms with Gasteiger partial charge in [-0.3, -0.25) is 0 Å². The number of nitrogens with one attached hydrogen (secondary N) is 1. The summed E-state index contributed by atoms with van der Waals surface area (Å²) >= 11 is 0. The molecule has 3 rings (SSSR count). The van der Waals surface area contributed by atoms with Crippen LogP contribution < -0.4 is 5.32 Å². The van der Waals surface area contributed by atoms with Crippen LogP contribution in [0.5, 0.6) is 0 Å². The molecule has 2 nitrogen and oxygen atoms in total. The molecule has 1 unspecified atom stereocenters. The van der Waals surface area contributed by atoms with Crippen molar-refractivity contribution in [3.8, 4) is 0 Å². The maximum atomic E-state index is 12.7. The van der Waals surface area contributed by atoms with E-state index in [1.807, 2.05) is 0 Å². The van der Waals surface area contributed by atoms with Gasteiger partial charge < -0.3 is 10.2 Å². The molecule has 1 N–H and O–H groups in total. The number of halogens is 3. The molecular formula is C15H19F3N2. The summed E-state index contributed by atoms with van der Waals surface area (Å²) in [6.07, 6.45) is -0.0898. The number of hydrogen-bond donors (Lipinski definition) is 1. The monoisotopic (exact) mass is 284 g/mol. The second kappa shape index (κ2) is 5.28. The van der Waals surface area contributed by atoms with E-state index in [4.69, 9.17) is 0 Å². The van der Waals surface area contributed by atoms with Crippen LogP contribution in [0.3, 0.4) is 0 Å². The molecule has 1 aromatic rings. The molecule has 110 valence electrons. The minimum atomic E-state index is -4.25. The first-order valence-corrected chi connectivity index (χ1v) is 7.21. The number of likely N-dealkylation sites (tertiary alicyclic amines) is 1. The van der Waals surface area contributed by atoms with Gasteiger partial charge in [0.05, 0.1) is 5.56 Å². The number of fused-ring (bicyclic) bond motifs is 1. The Morgan fingerprint density at radius 2 is 1.95 bits per heavy atom. The van der Waals surface area contributed by atoms with E-state index in [0.717, 1.165) is 43.7 Å². The summed E-state index contributed by atoms with van der Waals surface area (Å²) < 4.78 is 38.0. The topological polar surface area (TPSA) is 15.3 Å². The predicted octanol–water partition coefficient (Wildman–Crippen LogP) is 3.53. The summed E-state index contributed by atoms with van der Waals surface area (Å²) in [5.41, 5.74) is 1.11. The van der Waals surface area contributed by atoms with Gasteiger partial charge in [-0.2, -0.15) is 13.2 Å². The fourth-order valence-corrected chi connectivity index (χ4v) is 3.15. The van der Waals surface area contributed by atoms with Crippen molar-refractivity contribution in [3.63, 3.8) is 0 Å². The Balaban J connectivity index is 1.69. The van der Waals surface area contributed by atoms with Crippen LogP contribution in [0.2, 0.25) is 0 Å². The minimum absolute atomic E-state index is 0.359. The van der Waals surface area contributed by atoms with Crippen molar-refractivity contribution in [3.05, 3.63) is 29.3 Å². The number of nitrogens with zero attached hydrogens (tertiary/aromatic N) is 1. The van der Waals surface area contributed by atoms with Crippen LogP contribution in [-0.2, 0) is 12.6 Å². The first kappa shape index (κ1) is 13.7. The van der Waals surface area contributed by atoms with Crippen LogP contribution in [0.1, 0.15) is 30.4 Å². The van der Waals surface area contributed by atoms with E-state index in [-0.39, 0.29) is 0 Å². The SMILES string of the molecule is FC(F)(F)c1ccc2c(c1)CCC(CN1CCCC1)N2. The van der Waals surface area contributed by atoms with Crippen molar-refractivity contribution < 1.29 is 13.2 Å². The predicted molar refractivity (Wildman–Crippen MR) is 72.8 cm³/mol. The van der Waals surface area contributed by atoms with Gasteiger partial charge >= 0.3 is 6.18 Å². The standard InChI is InChI=1S/C15H19F3N2/c16-15(17,18)12-4-6-14-11(9-12)3-5-13(19-14)10-20-7-1-2-8-20/h4,6,9,13,19H,1-3,5,7-8,10H2. The highest BCUT2D eigenvalue weighted by molar-refractivity contribution is 5.55. The lowest BCUT2D eigenvalue weighted by atomic mass is 9.96. The summed E-state index contributed by atoms with van der Waals surface area (Å²) in [7, 11) is 0. The van der Waals surface area contributed by atoms with Crippen molar-refractivity contribution in [1.29, 1.82) is 0 Å². The molecule has 0 amide bonds. The van der Waals surface area contributed by atoms with E-state index in [1.165, 1.54) is 25.0 Å². The first-order valence-electron chi connectivity index (χ1n) is 7.21. The average molecular weight is 284 g/mol. The lowest BCUT2D eigenvalue weighted by molar-refractivity contribution is -0.137. The second-order valence-corrected chi connectivity index (χ2v) is 5.76. The maximum Gasteiger partial charge on any atom is 0.416 e. The van der Waals surface area contributed by atoms with Gasteiger partial charge in [-0.15, -0.1) is 0 Å². The molecule has 0 aliphatic carbocycles. The van der Waals surface area contributed by atoms with Gasteiger partial charge in [-0.1, -0.05) is 0 Å². The Bertz CT molecular complexity index is 478. The molecule has 0 saturated carbocycles. The van der Waals surface area contributed by atoms with Crippen molar-refractivity contribution >= 4 is 5.69 Å². The minimum Gasteiger partial charge on any atom is -0.381 e. The molecule has 2 aliphatic heterocycles. The first-order chi connectivity index (χ1) is 9.52. The third-order valence-electron chi connectivity index (χ3n) is 4.23.